The molecule has 1 unspecified atom stereocenters. The summed E-state index contributed by atoms with van der Waals surface area (Å²) in [6.07, 6.45) is 1.99. The molecule has 1 aliphatic heterocycles. The van der Waals surface area contributed by atoms with Crippen LogP contribution in [0.5, 0.6) is 0 Å². The summed E-state index contributed by atoms with van der Waals surface area (Å²) in [6.45, 7) is 8.76. The summed E-state index contributed by atoms with van der Waals surface area (Å²) < 4.78 is 21.3. The maximum absolute atomic E-state index is 11.6. The molecule has 1 aliphatic rings. The monoisotopic (exact) mass is 509 g/mol. The predicted octanol–water partition coefficient (Wildman–Crippen LogP) is 2.49. The lowest BCUT2D eigenvalue weighted by atomic mass is 10.1. The highest BCUT2D eigenvalue weighted by Crippen LogP contribution is 2.16. The van der Waals surface area contributed by atoms with Gasteiger partial charge in [0.2, 0.25) is 0 Å². The number of ether oxygens (including phenoxy) is 3. The lowest BCUT2D eigenvalue weighted by Gasteiger charge is -2.12. The van der Waals surface area contributed by atoms with Crippen LogP contribution in [-0.2, 0) is 20.8 Å². The van der Waals surface area contributed by atoms with Gasteiger partial charge in [-0.05, 0) is 32.8 Å². The fourth-order valence-corrected chi connectivity index (χ4v) is 2.78. The Morgan fingerprint density at radius 3 is 2.89 bits per heavy atom. The molecule has 1 atom stereocenters. The van der Waals surface area contributed by atoms with E-state index in [1.807, 2.05) is 6.92 Å². The van der Waals surface area contributed by atoms with Crippen LogP contribution in [0.4, 0.5) is 0 Å². The summed E-state index contributed by atoms with van der Waals surface area (Å²) in [5.74, 6) is 2.00. The number of nitrogens with one attached hydrogen (secondary N) is 2. The number of methoxy groups -OCH3 is 1. The van der Waals surface area contributed by atoms with Gasteiger partial charge in [-0.15, -0.1) is 24.0 Å². The summed E-state index contributed by atoms with van der Waals surface area (Å²) in [4.78, 5) is 16.1. The Bertz CT molecular complexity index is 615. The molecule has 160 valence electrons. The van der Waals surface area contributed by atoms with Crippen molar-refractivity contribution in [2.24, 2.45) is 10.9 Å². The van der Waals surface area contributed by atoms with Gasteiger partial charge in [0.1, 0.15) is 23.6 Å². The Morgan fingerprint density at radius 2 is 2.21 bits per heavy atom. The molecule has 0 amide bonds. The highest BCUT2D eigenvalue weighted by atomic mass is 127. The van der Waals surface area contributed by atoms with Crippen molar-refractivity contribution in [3.05, 3.63) is 23.2 Å². The highest BCUT2D eigenvalue weighted by Gasteiger charge is 2.16. The first kappa shape index (κ1) is 24.7. The topological polar surface area (TPSA) is 94.3 Å². The van der Waals surface area contributed by atoms with Crippen LogP contribution < -0.4 is 10.6 Å². The normalized spacial score (nSPS) is 16.5. The third-order valence-electron chi connectivity index (χ3n) is 4.25. The third kappa shape index (κ3) is 8.36. The molecular formula is C19H32IN3O5. The van der Waals surface area contributed by atoms with E-state index < -0.39 is 5.97 Å². The summed E-state index contributed by atoms with van der Waals surface area (Å²) in [6, 6.07) is 1.68. The van der Waals surface area contributed by atoms with Crippen molar-refractivity contribution in [3.63, 3.8) is 0 Å². The van der Waals surface area contributed by atoms with Crippen LogP contribution in [0.2, 0.25) is 0 Å². The van der Waals surface area contributed by atoms with Crippen LogP contribution in [0.25, 0.3) is 0 Å². The number of guanidine groups is 1. The first-order chi connectivity index (χ1) is 13.1. The molecule has 9 heteroatoms. The van der Waals surface area contributed by atoms with Crippen molar-refractivity contribution in [2.45, 2.75) is 33.2 Å². The van der Waals surface area contributed by atoms with E-state index >= 15 is 0 Å². The van der Waals surface area contributed by atoms with Gasteiger partial charge in [0.05, 0.1) is 20.3 Å². The molecule has 1 fully saturated rings. The van der Waals surface area contributed by atoms with E-state index in [0.717, 1.165) is 45.8 Å². The number of carbonyl (C=O) groups is 1. The zero-order valence-electron chi connectivity index (χ0n) is 16.9. The van der Waals surface area contributed by atoms with Gasteiger partial charge in [-0.25, -0.2) is 9.79 Å². The molecule has 0 aromatic carbocycles. The van der Waals surface area contributed by atoms with Crippen LogP contribution >= 0.6 is 24.0 Å². The molecule has 0 radical (unpaired) electrons. The zero-order valence-corrected chi connectivity index (χ0v) is 19.2. The molecule has 2 rings (SSSR count). The van der Waals surface area contributed by atoms with Crippen LogP contribution in [0.3, 0.4) is 0 Å². The maximum Gasteiger partial charge on any atom is 0.341 e. The quantitative estimate of drug-likeness (QED) is 0.165. The van der Waals surface area contributed by atoms with E-state index in [4.69, 9.17) is 18.6 Å². The fraction of sp³-hybridized carbons (Fsp3) is 0.684. The Balaban J connectivity index is 0.00000392. The number of nitrogens with zero attached hydrogens (tertiary/aromatic N) is 1. The number of furan rings is 1. The Hall–Kier alpha value is -1.33. The number of rotatable bonds is 10. The SMILES string of the molecule is CCNC(=NCc1cc(C(=O)OC)c(C)o1)NCCCOCC1CCOC1.I. The lowest BCUT2D eigenvalue weighted by molar-refractivity contribution is 0.0598. The second-order valence-electron chi connectivity index (χ2n) is 6.45. The number of esters is 1. The molecule has 1 saturated heterocycles. The van der Waals surface area contributed by atoms with Gasteiger partial charge in [-0.3, -0.25) is 0 Å². The van der Waals surface area contributed by atoms with E-state index in [1.165, 1.54) is 7.11 Å². The molecule has 0 saturated carbocycles. The Kier molecular flexibility index (Phi) is 12.2. The molecule has 0 spiro atoms. The number of carbonyl (C=O) groups excluding carboxylic acids is 1. The fourth-order valence-electron chi connectivity index (χ4n) is 2.78. The number of aliphatic imine (C=N–C) groups is 1. The molecule has 28 heavy (non-hydrogen) atoms. The summed E-state index contributed by atoms with van der Waals surface area (Å²) >= 11 is 0. The van der Waals surface area contributed by atoms with Crippen molar-refractivity contribution in [1.82, 2.24) is 10.6 Å². The third-order valence-corrected chi connectivity index (χ3v) is 4.25. The molecular weight excluding hydrogens is 477 g/mol. The molecule has 0 bridgehead atoms. The average molecular weight is 509 g/mol. The molecule has 8 nitrogen and oxygen atoms in total. The molecule has 0 aliphatic carbocycles. The average Bonchev–Trinajstić information content (AvgIpc) is 3.31. The summed E-state index contributed by atoms with van der Waals surface area (Å²) in [5, 5.41) is 6.47. The minimum absolute atomic E-state index is 0. The van der Waals surface area contributed by atoms with Crippen LogP contribution in [0, 0.1) is 12.8 Å². The van der Waals surface area contributed by atoms with Crippen LogP contribution in [-0.4, -0.2) is 58.6 Å². The second kappa shape index (κ2) is 13.8. The van der Waals surface area contributed by atoms with E-state index in [1.54, 1.807) is 13.0 Å². The molecule has 1 aromatic rings. The maximum atomic E-state index is 11.6. The van der Waals surface area contributed by atoms with E-state index in [-0.39, 0.29) is 24.0 Å². The Morgan fingerprint density at radius 1 is 1.39 bits per heavy atom. The van der Waals surface area contributed by atoms with Crippen LogP contribution in [0.1, 0.15) is 41.6 Å². The van der Waals surface area contributed by atoms with E-state index in [9.17, 15) is 4.79 Å². The predicted molar refractivity (Wildman–Crippen MR) is 117 cm³/mol. The van der Waals surface area contributed by atoms with Gasteiger partial charge in [-0.2, -0.15) is 0 Å². The van der Waals surface area contributed by atoms with Gasteiger partial charge >= 0.3 is 5.97 Å². The van der Waals surface area contributed by atoms with Crippen molar-refractivity contribution in [1.29, 1.82) is 0 Å². The number of hydrogen-bond acceptors (Lipinski definition) is 6. The second-order valence-corrected chi connectivity index (χ2v) is 6.45. The number of hydrogen-bond donors (Lipinski definition) is 2. The first-order valence-corrected chi connectivity index (χ1v) is 9.49. The van der Waals surface area contributed by atoms with Crippen molar-refractivity contribution in [3.8, 4) is 0 Å². The standard InChI is InChI=1S/C19H31N3O5.HI/c1-4-20-19(21-7-5-8-25-12-15-6-9-26-13-15)22-11-16-10-17(14(2)27-16)18(23)24-3;/h10,15H,4-9,11-13H2,1-3H3,(H2,20,21,22);1H. The molecule has 2 heterocycles. The number of aryl methyl sites for hydroxylation is 1. The number of halogens is 1. The van der Waals surface area contributed by atoms with Gasteiger partial charge in [0, 0.05) is 32.2 Å². The van der Waals surface area contributed by atoms with E-state index in [2.05, 4.69) is 15.6 Å². The van der Waals surface area contributed by atoms with Gasteiger partial charge in [0.25, 0.3) is 0 Å². The summed E-state index contributed by atoms with van der Waals surface area (Å²) in [5.41, 5.74) is 0.436. The minimum atomic E-state index is -0.402. The molecule has 1 aromatic heterocycles. The van der Waals surface area contributed by atoms with E-state index in [0.29, 0.717) is 42.1 Å². The first-order valence-electron chi connectivity index (χ1n) is 9.49. The van der Waals surface area contributed by atoms with Gasteiger partial charge in [-0.1, -0.05) is 0 Å². The van der Waals surface area contributed by atoms with Gasteiger partial charge < -0.3 is 29.3 Å². The largest absolute Gasteiger partial charge is 0.465 e. The van der Waals surface area contributed by atoms with Crippen molar-refractivity contribution < 1.29 is 23.4 Å². The Labute approximate surface area is 183 Å². The minimum Gasteiger partial charge on any atom is -0.465 e. The smallest absolute Gasteiger partial charge is 0.341 e. The lowest BCUT2D eigenvalue weighted by Crippen LogP contribution is -2.38. The zero-order chi connectivity index (χ0) is 19.5. The summed E-state index contributed by atoms with van der Waals surface area (Å²) in [7, 11) is 1.35. The highest BCUT2D eigenvalue weighted by molar-refractivity contribution is 14.0. The van der Waals surface area contributed by atoms with Crippen LogP contribution in [0.15, 0.2) is 15.5 Å². The van der Waals surface area contributed by atoms with Crippen molar-refractivity contribution >= 4 is 35.9 Å². The van der Waals surface area contributed by atoms with Gasteiger partial charge in [0.15, 0.2) is 5.96 Å². The van der Waals surface area contributed by atoms with Crippen molar-refractivity contribution in [2.75, 3.05) is 46.6 Å². The molecule has 2 N–H and O–H groups in total.